The molecule has 0 radical (unpaired) electrons. The second kappa shape index (κ2) is 7.92. The Morgan fingerprint density at radius 2 is 1.69 bits per heavy atom. The highest BCUT2D eigenvalue weighted by molar-refractivity contribution is 5.99. The number of nitrogens with zero attached hydrogens (tertiary/aromatic N) is 3. The van der Waals surface area contributed by atoms with Gasteiger partial charge in [-0.15, -0.1) is 0 Å². The summed E-state index contributed by atoms with van der Waals surface area (Å²) in [6, 6.07) is 15.3. The fourth-order valence-electron chi connectivity index (χ4n) is 3.73. The van der Waals surface area contributed by atoms with Crippen molar-refractivity contribution in [2.45, 2.75) is 6.42 Å². The number of halogens is 1. The van der Waals surface area contributed by atoms with Crippen LogP contribution in [0.1, 0.15) is 12.0 Å². The van der Waals surface area contributed by atoms with Gasteiger partial charge in [0.1, 0.15) is 5.82 Å². The summed E-state index contributed by atoms with van der Waals surface area (Å²) < 4.78 is 13.9. The Kier molecular flexibility index (Phi) is 5.17. The Hall–Kier alpha value is -3.40. The molecule has 2 fully saturated rings. The van der Waals surface area contributed by atoms with Gasteiger partial charge in [-0.1, -0.05) is 12.1 Å². The predicted molar refractivity (Wildman–Crippen MR) is 107 cm³/mol. The van der Waals surface area contributed by atoms with E-state index >= 15 is 0 Å². The summed E-state index contributed by atoms with van der Waals surface area (Å²) in [5.74, 6) is -1.03. The zero-order valence-electron chi connectivity index (χ0n) is 15.8. The molecule has 7 heteroatoms. The summed E-state index contributed by atoms with van der Waals surface area (Å²) >= 11 is 0. The van der Waals surface area contributed by atoms with Crippen molar-refractivity contribution < 1.29 is 14.0 Å². The van der Waals surface area contributed by atoms with Crippen molar-refractivity contribution in [1.82, 2.24) is 4.90 Å². The first kappa shape index (κ1) is 18.9. The highest BCUT2D eigenvalue weighted by atomic mass is 19.1. The first-order chi connectivity index (χ1) is 14.1. The van der Waals surface area contributed by atoms with Crippen LogP contribution in [0.15, 0.2) is 48.5 Å². The topological polar surface area (TPSA) is 76.4 Å². The predicted octanol–water partition coefficient (Wildman–Crippen LogP) is 2.62. The molecule has 6 nitrogen and oxygen atoms in total. The minimum absolute atomic E-state index is 0.00170. The molecule has 148 valence electrons. The van der Waals surface area contributed by atoms with E-state index in [1.54, 1.807) is 47.4 Å². The number of carbonyl (C=O) groups excluding carboxylic acids is 2. The molecular weight excluding hydrogens is 371 g/mol. The molecular formula is C22H21FN4O2. The minimum Gasteiger partial charge on any atom is -0.366 e. The zero-order chi connectivity index (χ0) is 20.4. The molecule has 29 heavy (non-hydrogen) atoms. The van der Waals surface area contributed by atoms with Gasteiger partial charge in [0.25, 0.3) is 0 Å². The number of nitriles is 1. The lowest BCUT2D eigenvalue weighted by Gasteiger charge is -2.36. The van der Waals surface area contributed by atoms with Crippen molar-refractivity contribution in [1.29, 1.82) is 5.26 Å². The Labute approximate surface area is 168 Å². The van der Waals surface area contributed by atoms with E-state index in [0.717, 1.165) is 0 Å². The van der Waals surface area contributed by atoms with E-state index in [9.17, 15) is 14.0 Å². The number of hydrogen-bond acceptors (Lipinski definition) is 4. The van der Waals surface area contributed by atoms with Gasteiger partial charge in [0.2, 0.25) is 11.8 Å². The van der Waals surface area contributed by atoms with Crippen LogP contribution < -0.4 is 10.2 Å². The van der Waals surface area contributed by atoms with Crippen LogP contribution >= 0.6 is 0 Å². The molecule has 1 aliphatic carbocycles. The van der Waals surface area contributed by atoms with E-state index in [0.29, 0.717) is 49.5 Å². The highest BCUT2D eigenvalue weighted by Gasteiger charge is 2.49. The largest absolute Gasteiger partial charge is 0.366 e. The van der Waals surface area contributed by atoms with E-state index in [4.69, 9.17) is 5.26 Å². The normalized spacial score (nSPS) is 20.7. The number of anilines is 2. The summed E-state index contributed by atoms with van der Waals surface area (Å²) in [5, 5.41) is 11.6. The fourth-order valence-corrected chi connectivity index (χ4v) is 3.73. The van der Waals surface area contributed by atoms with E-state index in [1.807, 2.05) is 11.0 Å². The number of piperazine rings is 1. The molecule has 1 aliphatic heterocycles. The number of amides is 2. The van der Waals surface area contributed by atoms with Crippen LogP contribution in [0.5, 0.6) is 0 Å². The summed E-state index contributed by atoms with van der Waals surface area (Å²) in [4.78, 5) is 28.9. The lowest BCUT2D eigenvalue weighted by Crippen LogP contribution is -2.49. The molecule has 1 heterocycles. The highest BCUT2D eigenvalue weighted by Crippen LogP contribution is 2.41. The van der Waals surface area contributed by atoms with Gasteiger partial charge in [-0.3, -0.25) is 9.59 Å². The Balaban J connectivity index is 1.28. The van der Waals surface area contributed by atoms with Crippen molar-refractivity contribution in [3.05, 3.63) is 59.9 Å². The van der Waals surface area contributed by atoms with Crippen LogP contribution in [-0.2, 0) is 9.59 Å². The number of hydrogen-bond donors (Lipinski definition) is 1. The standard InChI is InChI=1S/C22H21FN4O2/c23-19-3-1-2-4-20(19)26-9-11-27(12-10-26)22(29)18-13-17(18)21(28)25-16-7-5-15(14-24)6-8-16/h1-8,17-18H,9-13H2,(H,25,28). The molecule has 2 amide bonds. The Bertz CT molecular complexity index is 962. The SMILES string of the molecule is N#Cc1ccc(NC(=O)C2CC2C(=O)N2CCN(c3ccccc3F)CC2)cc1. The second-order valence-electron chi connectivity index (χ2n) is 7.39. The number of nitrogens with one attached hydrogen (secondary N) is 1. The van der Waals surface area contributed by atoms with E-state index in [-0.39, 0.29) is 29.5 Å². The molecule has 1 N–H and O–H groups in total. The molecule has 2 atom stereocenters. The van der Waals surface area contributed by atoms with Crippen molar-refractivity contribution in [3.8, 4) is 6.07 Å². The van der Waals surface area contributed by atoms with Gasteiger partial charge in [0.05, 0.1) is 29.2 Å². The molecule has 2 aromatic carbocycles. The molecule has 2 aromatic rings. The van der Waals surface area contributed by atoms with Gasteiger partial charge in [-0.25, -0.2) is 4.39 Å². The van der Waals surface area contributed by atoms with Gasteiger partial charge in [0.15, 0.2) is 0 Å². The summed E-state index contributed by atoms with van der Waals surface area (Å²) in [6.45, 7) is 2.18. The van der Waals surface area contributed by atoms with Crippen LogP contribution in [-0.4, -0.2) is 42.9 Å². The molecule has 1 saturated carbocycles. The number of carbonyl (C=O) groups is 2. The Morgan fingerprint density at radius 3 is 2.34 bits per heavy atom. The number of benzene rings is 2. The van der Waals surface area contributed by atoms with Crippen LogP contribution in [0.2, 0.25) is 0 Å². The zero-order valence-corrected chi connectivity index (χ0v) is 15.8. The fraction of sp³-hybridized carbons (Fsp3) is 0.318. The minimum atomic E-state index is -0.317. The maximum Gasteiger partial charge on any atom is 0.228 e. The van der Waals surface area contributed by atoms with Gasteiger partial charge in [-0.2, -0.15) is 5.26 Å². The summed E-state index contributed by atoms with van der Waals surface area (Å²) in [7, 11) is 0. The molecule has 2 unspecified atom stereocenters. The van der Waals surface area contributed by atoms with Crippen molar-refractivity contribution in [2.24, 2.45) is 11.8 Å². The van der Waals surface area contributed by atoms with E-state index in [1.165, 1.54) is 6.07 Å². The first-order valence-corrected chi connectivity index (χ1v) is 9.66. The van der Waals surface area contributed by atoms with Crippen LogP contribution in [0.3, 0.4) is 0 Å². The maximum absolute atomic E-state index is 13.9. The van der Waals surface area contributed by atoms with Crippen molar-refractivity contribution >= 4 is 23.2 Å². The average Bonchev–Trinajstić information content (AvgIpc) is 3.55. The summed E-state index contributed by atoms with van der Waals surface area (Å²) in [5.41, 5.74) is 1.70. The molecule has 1 saturated heterocycles. The molecule has 4 rings (SSSR count). The smallest absolute Gasteiger partial charge is 0.228 e. The van der Waals surface area contributed by atoms with Crippen molar-refractivity contribution in [3.63, 3.8) is 0 Å². The van der Waals surface area contributed by atoms with Crippen LogP contribution in [0.25, 0.3) is 0 Å². The van der Waals surface area contributed by atoms with Crippen LogP contribution in [0.4, 0.5) is 15.8 Å². The van der Waals surface area contributed by atoms with Gasteiger partial charge in [0, 0.05) is 31.9 Å². The van der Waals surface area contributed by atoms with E-state index in [2.05, 4.69) is 5.32 Å². The second-order valence-corrected chi connectivity index (χ2v) is 7.39. The third-order valence-electron chi connectivity index (χ3n) is 5.51. The third kappa shape index (κ3) is 4.06. The number of rotatable bonds is 4. The van der Waals surface area contributed by atoms with Gasteiger partial charge in [-0.05, 0) is 42.8 Å². The third-order valence-corrected chi connectivity index (χ3v) is 5.51. The lowest BCUT2D eigenvalue weighted by atomic mass is 10.2. The molecule has 0 aromatic heterocycles. The molecule has 0 spiro atoms. The number of para-hydroxylation sites is 1. The average molecular weight is 392 g/mol. The van der Waals surface area contributed by atoms with Crippen molar-refractivity contribution in [2.75, 3.05) is 36.4 Å². The molecule has 0 bridgehead atoms. The monoisotopic (exact) mass is 392 g/mol. The maximum atomic E-state index is 13.9. The van der Waals surface area contributed by atoms with E-state index < -0.39 is 0 Å². The molecule has 2 aliphatic rings. The first-order valence-electron chi connectivity index (χ1n) is 9.66. The summed E-state index contributed by atoms with van der Waals surface area (Å²) in [6.07, 6.45) is 0.550. The van der Waals surface area contributed by atoms with Crippen LogP contribution in [0, 0.1) is 29.0 Å². The quantitative estimate of drug-likeness (QED) is 0.868. The van der Waals surface area contributed by atoms with Gasteiger partial charge >= 0.3 is 0 Å². The van der Waals surface area contributed by atoms with Gasteiger partial charge < -0.3 is 15.1 Å². The Morgan fingerprint density at radius 1 is 1.00 bits per heavy atom. The lowest BCUT2D eigenvalue weighted by molar-refractivity contribution is -0.134.